The molecule has 0 unspecified atom stereocenters. The zero-order chi connectivity index (χ0) is 9.68. The number of carbonyl (C=O) groups excluding carboxylic acids is 1. The number of nitrogens with zero attached hydrogens (tertiary/aromatic N) is 1. The molecule has 0 aromatic heterocycles. The normalized spacial score (nSPS) is 8.62. The first kappa shape index (κ1) is 9.07. The maximum atomic E-state index is 10.7. The summed E-state index contributed by atoms with van der Waals surface area (Å²) in [5.41, 5.74) is 1.15. The van der Waals surface area contributed by atoms with Crippen LogP contribution in [0.25, 0.3) is 4.85 Å². The Labute approximate surface area is 76.0 Å². The Bertz CT molecular complexity index is 338. The summed E-state index contributed by atoms with van der Waals surface area (Å²) in [5, 5.41) is 2.48. The van der Waals surface area contributed by atoms with Crippen LogP contribution in [0.2, 0.25) is 0 Å². The molecule has 0 aliphatic rings. The van der Waals surface area contributed by atoms with Gasteiger partial charge in [0, 0.05) is 5.69 Å². The molecular formula is C9H8N2O2. The lowest BCUT2D eigenvalue weighted by Crippen LogP contribution is -2.10. The van der Waals surface area contributed by atoms with Crippen molar-refractivity contribution >= 4 is 17.5 Å². The molecule has 0 fully saturated rings. The van der Waals surface area contributed by atoms with Crippen molar-refractivity contribution in [1.82, 2.24) is 0 Å². The number of hydrogen-bond acceptors (Lipinski definition) is 2. The van der Waals surface area contributed by atoms with Gasteiger partial charge in [-0.3, -0.25) is 5.32 Å². The second-order valence-corrected chi connectivity index (χ2v) is 2.28. The number of carbonyl (C=O) groups is 1. The predicted octanol–water partition coefficient (Wildman–Crippen LogP) is 2.42. The van der Waals surface area contributed by atoms with E-state index in [0.29, 0.717) is 11.4 Å². The summed E-state index contributed by atoms with van der Waals surface area (Å²) in [7, 11) is 1.29. The van der Waals surface area contributed by atoms with Crippen molar-refractivity contribution in [2.24, 2.45) is 0 Å². The van der Waals surface area contributed by atoms with Crippen LogP contribution in [0.3, 0.4) is 0 Å². The Kier molecular flexibility index (Phi) is 2.87. The third kappa shape index (κ3) is 2.49. The van der Waals surface area contributed by atoms with Crippen molar-refractivity contribution < 1.29 is 9.53 Å². The maximum absolute atomic E-state index is 10.7. The number of anilines is 1. The van der Waals surface area contributed by atoms with E-state index in [4.69, 9.17) is 6.57 Å². The number of nitrogens with one attached hydrogen (secondary N) is 1. The minimum atomic E-state index is -0.518. The van der Waals surface area contributed by atoms with Crippen LogP contribution in [-0.4, -0.2) is 13.2 Å². The SMILES string of the molecule is [C-]#[N+]c1ccc(NC(=O)OC)cc1. The Hall–Kier alpha value is -2.02. The Balaban J connectivity index is 2.71. The highest BCUT2D eigenvalue weighted by atomic mass is 16.5. The monoisotopic (exact) mass is 176 g/mol. The summed E-state index contributed by atoms with van der Waals surface area (Å²) >= 11 is 0. The Morgan fingerprint density at radius 2 is 2.08 bits per heavy atom. The summed E-state index contributed by atoms with van der Waals surface area (Å²) in [6, 6.07) is 6.53. The molecule has 0 bridgehead atoms. The van der Waals surface area contributed by atoms with Gasteiger partial charge in [0.25, 0.3) is 0 Å². The van der Waals surface area contributed by atoms with Crippen molar-refractivity contribution in [2.75, 3.05) is 12.4 Å². The highest BCUT2D eigenvalue weighted by Gasteiger charge is 1.99. The highest BCUT2D eigenvalue weighted by Crippen LogP contribution is 2.15. The van der Waals surface area contributed by atoms with Crippen LogP contribution in [0.5, 0.6) is 0 Å². The average Bonchev–Trinajstić information content (AvgIpc) is 2.19. The van der Waals surface area contributed by atoms with Gasteiger partial charge >= 0.3 is 6.09 Å². The van der Waals surface area contributed by atoms with E-state index in [9.17, 15) is 4.79 Å². The standard InChI is InChI=1S/C9H8N2O2/c1-10-7-3-5-8(6-4-7)11-9(12)13-2/h3-6H,2H3,(H,11,12). The molecule has 1 rings (SSSR count). The minimum Gasteiger partial charge on any atom is -0.453 e. The van der Waals surface area contributed by atoms with E-state index in [2.05, 4.69) is 14.9 Å². The van der Waals surface area contributed by atoms with E-state index >= 15 is 0 Å². The molecule has 0 saturated heterocycles. The molecule has 1 amide bonds. The van der Waals surface area contributed by atoms with Crippen LogP contribution in [0, 0.1) is 6.57 Å². The molecule has 1 aromatic carbocycles. The third-order valence-corrected chi connectivity index (χ3v) is 1.43. The van der Waals surface area contributed by atoms with Gasteiger partial charge in [-0.15, -0.1) is 0 Å². The molecule has 13 heavy (non-hydrogen) atoms. The first-order valence-electron chi connectivity index (χ1n) is 3.59. The molecule has 66 valence electrons. The predicted molar refractivity (Wildman–Crippen MR) is 48.7 cm³/mol. The molecule has 0 spiro atoms. The van der Waals surface area contributed by atoms with Crippen LogP contribution in [0.1, 0.15) is 0 Å². The maximum Gasteiger partial charge on any atom is 0.411 e. The zero-order valence-corrected chi connectivity index (χ0v) is 7.07. The van der Waals surface area contributed by atoms with Crippen molar-refractivity contribution in [2.45, 2.75) is 0 Å². The fourth-order valence-electron chi connectivity index (χ4n) is 0.788. The van der Waals surface area contributed by atoms with Gasteiger partial charge in [0.05, 0.1) is 13.7 Å². The van der Waals surface area contributed by atoms with Gasteiger partial charge in [0.1, 0.15) is 0 Å². The second kappa shape index (κ2) is 4.12. The summed E-state index contributed by atoms with van der Waals surface area (Å²) in [5.74, 6) is 0. The number of ether oxygens (including phenoxy) is 1. The van der Waals surface area contributed by atoms with Crippen molar-refractivity contribution in [3.05, 3.63) is 35.7 Å². The number of benzene rings is 1. The van der Waals surface area contributed by atoms with Gasteiger partial charge in [-0.25, -0.2) is 9.64 Å². The van der Waals surface area contributed by atoms with Crippen LogP contribution < -0.4 is 5.32 Å². The van der Waals surface area contributed by atoms with Gasteiger partial charge in [-0.1, -0.05) is 12.1 Å². The van der Waals surface area contributed by atoms with Gasteiger partial charge < -0.3 is 4.74 Å². The molecule has 1 N–H and O–H groups in total. The molecule has 4 heteroatoms. The molecule has 0 saturated carbocycles. The summed E-state index contributed by atoms with van der Waals surface area (Å²) in [6.07, 6.45) is -0.518. The fraction of sp³-hybridized carbons (Fsp3) is 0.111. The molecule has 0 atom stereocenters. The zero-order valence-electron chi connectivity index (χ0n) is 7.07. The van der Waals surface area contributed by atoms with E-state index < -0.39 is 6.09 Å². The van der Waals surface area contributed by atoms with Gasteiger partial charge in [-0.05, 0) is 12.1 Å². The number of amides is 1. The number of rotatable bonds is 1. The van der Waals surface area contributed by atoms with E-state index in [-0.39, 0.29) is 0 Å². The van der Waals surface area contributed by atoms with E-state index in [1.807, 2.05) is 0 Å². The van der Waals surface area contributed by atoms with Gasteiger partial charge in [0.2, 0.25) is 0 Å². The molecule has 0 aliphatic heterocycles. The minimum absolute atomic E-state index is 0.518. The van der Waals surface area contributed by atoms with E-state index in [0.717, 1.165) is 0 Å². The number of hydrogen-bond donors (Lipinski definition) is 1. The van der Waals surface area contributed by atoms with Gasteiger partial charge in [-0.2, -0.15) is 0 Å². The molecular weight excluding hydrogens is 168 g/mol. The molecule has 0 heterocycles. The summed E-state index contributed by atoms with van der Waals surface area (Å²) in [4.78, 5) is 14.0. The molecule has 0 radical (unpaired) electrons. The molecule has 1 aromatic rings. The van der Waals surface area contributed by atoms with Crippen molar-refractivity contribution in [1.29, 1.82) is 0 Å². The van der Waals surface area contributed by atoms with Gasteiger partial charge in [0.15, 0.2) is 5.69 Å². The Morgan fingerprint density at radius 3 is 2.54 bits per heavy atom. The smallest absolute Gasteiger partial charge is 0.411 e. The van der Waals surface area contributed by atoms with Crippen molar-refractivity contribution in [3.63, 3.8) is 0 Å². The van der Waals surface area contributed by atoms with Crippen molar-refractivity contribution in [3.8, 4) is 0 Å². The quantitative estimate of drug-likeness (QED) is 0.667. The largest absolute Gasteiger partial charge is 0.453 e. The topological polar surface area (TPSA) is 42.7 Å². The summed E-state index contributed by atoms with van der Waals surface area (Å²) in [6.45, 7) is 6.70. The fourth-order valence-corrected chi connectivity index (χ4v) is 0.788. The number of methoxy groups -OCH3 is 1. The molecule has 0 aliphatic carbocycles. The first-order chi connectivity index (χ1) is 6.26. The van der Waals surface area contributed by atoms with Crippen LogP contribution >= 0.6 is 0 Å². The van der Waals surface area contributed by atoms with Crippen LogP contribution in [0.4, 0.5) is 16.2 Å². The average molecular weight is 176 g/mol. The lowest BCUT2D eigenvalue weighted by atomic mass is 10.3. The highest BCUT2D eigenvalue weighted by molar-refractivity contribution is 5.84. The van der Waals surface area contributed by atoms with Crippen LogP contribution in [-0.2, 0) is 4.74 Å². The van der Waals surface area contributed by atoms with Crippen LogP contribution in [0.15, 0.2) is 24.3 Å². The van der Waals surface area contributed by atoms with E-state index in [1.165, 1.54) is 7.11 Å². The van der Waals surface area contributed by atoms with E-state index in [1.54, 1.807) is 24.3 Å². The molecule has 4 nitrogen and oxygen atoms in total. The second-order valence-electron chi connectivity index (χ2n) is 2.28. The Morgan fingerprint density at radius 1 is 1.46 bits per heavy atom. The lowest BCUT2D eigenvalue weighted by Gasteiger charge is -2.02. The summed E-state index contributed by atoms with van der Waals surface area (Å²) < 4.78 is 4.40. The first-order valence-corrected chi connectivity index (χ1v) is 3.59. The lowest BCUT2D eigenvalue weighted by molar-refractivity contribution is 0.187. The third-order valence-electron chi connectivity index (χ3n) is 1.43.